The molecule has 3 heteroatoms. The lowest BCUT2D eigenvalue weighted by Crippen LogP contribution is -1.81. The van der Waals surface area contributed by atoms with E-state index in [0.29, 0.717) is 0 Å². The van der Waals surface area contributed by atoms with Crippen LogP contribution in [0.5, 0.6) is 0 Å². The van der Waals surface area contributed by atoms with E-state index in [9.17, 15) is 0 Å². The van der Waals surface area contributed by atoms with Crippen molar-refractivity contribution in [2.45, 2.75) is 71.1 Å². The van der Waals surface area contributed by atoms with Gasteiger partial charge >= 0.3 is 0 Å². The molecular formula is C12H24N3. The Bertz CT molecular complexity index is 162. The van der Waals surface area contributed by atoms with Crippen molar-refractivity contribution in [2.24, 2.45) is 5.11 Å². The maximum Gasteiger partial charge on any atom is 0.0458 e. The molecule has 0 spiro atoms. The number of nitrogens with zero attached hydrogens (tertiary/aromatic N) is 3. The van der Waals surface area contributed by atoms with E-state index in [2.05, 4.69) is 16.9 Å². The maximum absolute atomic E-state index is 8.04. The summed E-state index contributed by atoms with van der Waals surface area (Å²) >= 11 is 0. The minimum Gasteiger partial charge on any atom is -0.0902 e. The fourth-order valence-corrected chi connectivity index (χ4v) is 1.64. The summed E-state index contributed by atoms with van der Waals surface area (Å²) in [7, 11) is 0. The Morgan fingerprint density at radius 3 is 2.00 bits per heavy atom. The third-order valence-electron chi connectivity index (χ3n) is 2.57. The maximum atomic E-state index is 8.04. The van der Waals surface area contributed by atoms with Gasteiger partial charge in [-0.15, -0.1) is 0 Å². The molecule has 0 rings (SSSR count). The van der Waals surface area contributed by atoms with Gasteiger partial charge in [-0.25, -0.2) is 0 Å². The van der Waals surface area contributed by atoms with Gasteiger partial charge in [-0.1, -0.05) is 69.8 Å². The van der Waals surface area contributed by atoms with Crippen molar-refractivity contribution >= 4 is 0 Å². The molecule has 0 unspecified atom stereocenters. The summed E-state index contributed by atoms with van der Waals surface area (Å²) in [5, 5.41) is 3.40. The van der Waals surface area contributed by atoms with Crippen LogP contribution in [0.25, 0.3) is 10.4 Å². The second kappa shape index (κ2) is 13.3. The van der Waals surface area contributed by atoms with E-state index in [4.69, 9.17) is 5.53 Å². The van der Waals surface area contributed by atoms with Gasteiger partial charge in [-0.3, -0.25) is 0 Å². The van der Waals surface area contributed by atoms with Gasteiger partial charge in [0.05, 0.1) is 0 Å². The number of hydrogen-bond donors (Lipinski definition) is 0. The molecular weight excluding hydrogens is 186 g/mol. The van der Waals surface area contributed by atoms with Crippen molar-refractivity contribution in [3.63, 3.8) is 0 Å². The molecule has 0 N–H and O–H groups in total. The molecule has 0 aromatic carbocycles. The second-order valence-corrected chi connectivity index (χ2v) is 4.00. The molecule has 0 aromatic rings. The van der Waals surface area contributed by atoms with Crippen molar-refractivity contribution in [2.75, 3.05) is 0 Å². The third-order valence-corrected chi connectivity index (χ3v) is 2.57. The van der Waals surface area contributed by atoms with E-state index < -0.39 is 0 Å². The Morgan fingerprint density at radius 2 is 1.47 bits per heavy atom. The van der Waals surface area contributed by atoms with E-state index >= 15 is 0 Å². The van der Waals surface area contributed by atoms with E-state index in [-0.39, 0.29) is 0 Å². The van der Waals surface area contributed by atoms with Gasteiger partial charge < -0.3 is 0 Å². The Labute approximate surface area is 93.9 Å². The van der Waals surface area contributed by atoms with Gasteiger partial charge in [-0.05, 0) is 12.0 Å². The lowest BCUT2D eigenvalue weighted by Gasteiger charge is -2.00. The zero-order chi connectivity index (χ0) is 11.2. The fourth-order valence-electron chi connectivity index (χ4n) is 1.64. The van der Waals surface area contributed by atoms with Crippen LogP contribution in [0.2, 0.25) is 0 Å². The predicted molar refractivity (Wildman–Crippen MR) is 65.3 cm³/mol. The normalized spacial score (nSPS) is 9.93. The fraction of sp³-hybridized carbons (Fsp3) is 0.917. The quantitative estimate of drug-likeness (QED) is 0.190. The smallest absolute Gasteiger partial charge is 0.0458 e. The summed E-state index contributed by atoms with van der Waals surface area (Å²) in [6, 6.07) is 0. The van der Waals surface area contributed by atoms with E-state index in [0.717, 1.165) is 12.8 Å². The van der Waals surface area contributed by atoms with Crippen molar-refractivity contribution in [3.8, 4) is 0 Å². The third kappa shape index (κ3) is 13.3. The molecule has 3 nitrogen and oxygen atoms in total. The Kier molecular flexibility index (Phi) is 12.7. The zero-order valence-corrected chi connectivity index (χ0v) is 9.99. The summed E-state index contributed by atoms with van der Waals surface area (Å²) in [5.41, 5.74) is 8.04. The lowest BCUT2D eigenvalue weighted by molar-refractivity contribution is 0.563. The molecule has 1 radical (unpaired) electrons. The van der Waals surface area contributed by atoms with E-state index in [1.165, 1.54) is 51.4 Å². The highest BCUT2D eigenvalue weighted by molar-refractivity contribution is 4.61. The first-order valence-electron chi connectivity index (χ1n) is 6.27. The molecule has 0 aliphatic heterocycles. The van der Waals surface area contributed by atoms with Crippen LogP contribution in [0.3, 0.4) is 0 Å². The summed E-state index contributed by atoms with van der Waals surface area (Å²) in [6.07, 6.45) is 13.0. The average Bonchev–Trinajstić information content (AvgIpc) is 2.26. The molecule has 0 aromatic heterocycles. The Balaban J connectivity index is 2.89. The van der Waals surface area contributed by atoms with Crippen LogP contribution in [-0.4, -0.2) is 0 Å². The van der Waals surface area contributed by atoms with Crippen LogP contribution < -0.4 is 0 Å². The topological polar surface area (TPSA) is 48.8 Å². The van der Waals surface area contributed by atoms with Gasteiger partial charge in [0, 0.05) is 11.5 Å². The molecule has 15 heavy (non-hydrogen) atoms. The first-order chi connectivity index (χ1) is 7.41. The molecule has 0 heterocycles. The van der Waals surface area contributed by atoms with Crippen LogP contribution in [0.4, 0.5) is 0 Å². The van der Waals surface area contributed by atoms with Crippen LogP contribution in [0.1, 0.15) is 71.1 Å². The average molecular weight is 210 g/mol. The minimum atomic E-state index is 0.930. The SMILES string of the molecule is CCCCCCCCCCC[CH]N=[N+]=[N-]. The van der Waals surface area contributed by atoms with Crippen molar-refractivity contribution in [1.82, 2.24) is 0 Å². The number of rotatable bonds is 11. The standard InChI is InChI=1S/C12H24N3/c1-2-3-4-5-6-7-8-9-10-11-12-14-15-13/h12H,2-11H2,1H3. The highest BCUT2D eigenvalue weighted by atomic mass is 15.1. The van der Waals surface area contributed by atoms with E-state index in [1.54, 1.807) is 6.54 Å². The van der Waals surface area contributed by atoms with Gasteiger partial charge in [-0.2, -0.15) is 0 Å². The molecule has 0 fully saturated rings. The van der Waals surface area contributed by atoms with E-state index in [1.807, 2.05) is 0 Å². The summed E-state index contributed by atoms with van der Waals surface area (Å²) in [4.78, 5) is 2.68. The van der Waals surface area contributed by atoms with Gasteiger partial charge in [0.15, 0.2) is 0 Å². The molecule has 0 atom stereocenters. The van der Waals surface area contributed by atoms with Crippen molar-refractivity contribution < 1.29 is 0 Å². The van der Waals surface area contributed by atoms with Gasteiger partial charge in [0.1, 0.15) is 0 Å². The molecule has 0 amide bonds. The monoisotopic (exact) mass is 210 g/mol. The van der Waals surface area contributed by atoms with Crippen LogP contribution in [0.15, 0.2) is 5.11 Å². The number of hydrogen-bond acceptors (Lipinski definition) is 1. The van der Waals surface area contributed by atoms with Crippen LogP contribution >= 0.6 is 0 Å². The number of azide groups is 1. The molecule has 0 bridgehead atoms. The summed E-state index contributed by atoms with van der Waals surface area (Å²) < 4.78 is 0. The number of unbranched alkanes of at least 4 members (excludes halogenated alkanes) is 9. The van der Waals surface area contributed by atoms with Crippen LogP contribution in [0, 0.1) is 6.54 Å². The Hall–Kier alpha value is -0.690. The molecule has 0 saturated heterocycles. The van der Waals surface area contributed by atoms with Crippen molar-refractivity contribution in [3.05, 3.63) is 17.0 Å². The van der Waals surface area contributed by atoms with Crippen LogP contribution in [-0.2, 0) is 0 Å². The predicted octanol–water partition coefficient (Wildman–Crippen LogP) is 5.38. The molecule has 0 saturated carbocycles. The zero-order valence-electron chi connectivity index (χ0n) is 9.99. The van der Waals surface area contributed by atoms with Gasteiger partial charge in [0.2, 0.25) is 0 Å². The Morgan fingerprint density at radius 1 is 0.933 bits per heavy atom. The molecule has 0 aliphatic carbocycles. The summed E-state index contributed by atoms with van der Waals surface area (Å²) in [6.45, 7) is 3.92. The highest BCUT2D eigenvalue weighted by Crippen LogP contribution is 2.10. The first kappa shape index (κ1) is 14.3. The molecule has 0 aliphatic rings. The van der Waals surface area contributed by atoms with Crippen molar-refractivity contribution in [1.29, 1.82) is 0 Å². The summed E-state index contributed by atoms with van der Waals surface area (Å²) in [5.74, 6) is 0. The largest absolute Gasteiger partial charge is 0.0902 e. The lowest BCUT2D eigenvalue weighted by atomic mass is 10.1. The van der Waals surface area contributed by atoms with Gasteiger partial charge in [0.25, 0.3) is 0 Å². The highest BCUT2D eigenvalue weighted by Gasteiger charge is 1.91. The molecule has 87 valence electrons. The first-order valence-corrected chi connectivity index (χ1v) is 6.27. The second-order valence-electron chi connectivity index (χ2n) is 4.00. The minimum absolute atomic E-state index is 0.930.